The fourth-order valence-corrected chi connectivity index (χ4v) is 5.35. The number of aryl methyl sites for hydroxylation is 1. The van der Waals surface area contributed by atoms with Crippen LogP contribution in [0, 0.1) is 36.5 Å². The van der Waals surface area contributed by atoms with E-state index in [9.17, 15) is 10.5 Å². The summed E-state index contributed by atoms with van der Waals surface area (Å²) in [6.07, 6.45) is 0. The Labute approximate surface area is 216 Å². The molecule has 6 aromatic rings. The Hall–Kier alpha value is -5.12. The summed E-state index contributed by atoms with van der Waals surface area (Å²) in [4.78, 5) is 0. The van der Waals surface area contributed by atoms with E-state index in [4.69, 9.17) is 0 Å². The van der Waals surface area contributed by atoms with Gasteiger partial charge < -0.3 is 4.57 Å². The summed E-state index contributed by atoms with van der Waals surface area (Å²) < 4.78 is 2.17. The third-order valence-electron chi connectivity index (χ3n) is 7.20. The molecule has 0 unspecified atom stereocenters. The molecule has 0 saturated carbocycles. The molecule has 1 aromatic heterocycles. The number of hydrogen-bond acceptors (Lipinski definition) is 2. The lowest BCUT2D eigenvalue weighted by molar-refractivity contribution is 1.14. The van der Waals surface area contributed by atoms with E-state index < -0.39 is 0 Å². The summed E-state index contributed by atoms with van der Waals surface area (Å²) in [5, 5.41) is 22.1. The van der Waals surface area contributed by atoms with Crippen LogP contribution in [0.5, 0.6) is 0 Å². The number of rotatable bonds is 3. The van der Waals surface area contributed by atoms with Crippen LogP contribution in [0.4, 0.5) is 0 Å². The minimum Gasteiger partial charge on any atom is -0.308 e. The lowest BCUT2D eigenvalue weighted by Gasteiger charge is -2.15. The summed E-state index contributed by atoms with van der Waals surface area (Å²) >= 11 is 0. The monoisotopic (exact) mass is 473 g/mol. The highest BCUT2D eigenvalue weighted by Gasteiger charge is 2.20. The molecule has 5 aromatic carbocycles. The molecule has 174 valence electrons. The Bertz CT molecular complexity index is 1800. The first-order valence-corrected chi connectivity index (χ1v) is 12.2. The van der Waals surface area contributed by atoms with Crippen LogP contribution in [0.3, 0.4) is 0 Å². The lowest BCUT2D eigenvalue weighted by Crippen LogP contribution is -2.03. The van der Waals surface area contributed by atoms with Gasteiger partial charge in [-0.05, 0) is 77.6 Å². The van der Waals surface area contributed by atoms with E-state index in [-0.39, 0.29) is 0 Å². The zero-order chi connectivity index (χ0) is 25.5. The highest BCUT2D eigenvalue weighted by molar-refractivity contribution is 6.11. The molecular formula is C34H23N3. The number of nitrogens with zero attached hydrogens (tertiary/aromatic N) is 3. The molecule has 0 amide bonds. The van der Waals surface area contributed by atoms with Gasteiger partial charge in [0.2, 0.25) is 0 Å². The molecule has 0 spiro atoms. The fourth-order valence-electron chi connectivity index (χ4n) is 5.35. The van der Waals surface area contributed by atoms with E-state index >= 15 is 0 Å². The second-order valence-electron chi connectivity index (χ2n) is 9.34. The minimum absolute atomic E-state index is 0.528. The molecule has 0 bridgehead atoms. The molecule has 0 aliphatic rings. The van der Waals surface area contributed by atoms with Crippen molar-refractivity contribution in [3.05, 3.63) is 125 Å². The maximum absolute atomic E-state index is 10.2. The van der Waals surface area contributed by atoms with E-state index in [1.165, 1.54) is 0 Å². The molecule has 3 heteroatoms. The Morgan fingerprint density at radius 1 is 0.541 bits per heavy atom. The Morgan fingerprint density at radius 3 is 1.49 bits per heavy atom. The van der Waals surface area contributed by atoms with Crippen molar-refractivity contribution in [3.63, 3.8) is 0 Å². The molecule has 37 heavy (non-hydrogen) atoms. The molecule has 0 aliphatic heterocycles. The van der Waals surface area contributed by atoms with Gasteiger partial charge >= 0.3 is 0 Å². The molecule has 0 aliphatic carbocycles. The van der Waals surface area contributed by atoms with Gasteiger partial charge in [0.05, 0.1) is 33.9 Å². The molecule has 0 N–H and O–H groups in total. The first-order valence-electron chi connectivity index (χ1n) is 12.2. The van der Waals surface area contributed by atoms with Gasteiger partial charge in [-0.15, -0.1) is 0 Å². The number of benzene rings is 5. The van der Waals surface area contributed by atoms with Crippen molar-refractivity contribution >= 4 is 21.8 Å². The summed E-state index contributed by atoms with van der Waals surface area (Å²) in [5.74, 6) is 0. The van der Waals surface area contributed by atoms with Crippen molar-refractivity contribution in [1.29, 1.82) is 10.5 Å². The molecule has 0 fully saturated rings. The minimum atomic E-state index is 0.528. The van der Waals surface area contributed by atoms with Gasteiger partial charge in [-0.1, -0.05) is 72.8 Å². The fraction of sp³-hybridized carbons (Fsp3) is 0.0588. The van der Waals surface area contributed by atoms with E-state index in [0.717, 1.165) is 60.9 Å². The number of hydrogen-bond donors (Lipinski definition) is 0. The second-order valence-corrected chi connectivity index (χ2v) is 9.34. The quantitative estimate of drug-likeness (QED) is 0.259. The SMILES string of the molecule is Cc1cc(-n2c3ccc(-c4ccccc4)cc3c3cc(-c4ccccc4)ccc32)c(C#N)c(C)c1C#N. The molecule has 0 saturated heterocycles. The zero-order valence-corrected chi connectivity index (χ0v) is 20.7. The number of aromatic nitrogens is 1. The van der Waals surface area contributed by atoms with Crippen molar-refractivity contribution in [2.24, 2.45) is 0 Å². The van der Waals surface area contributed by atoms with Crippen molar-refractivity contribution in [3.8, 4) is 40.1 Å². The van der Waals surface area contributed by atoms with E-state index in [2.05, 4.69) is 102 Å². The van der Waals surface area contributed by atoms with Crippen LogP contribution in [-0.2, 0) is 0 Å². The predicted octanol–water partition coefficient (Wildman–Crippen LogP) is 8.48. The van der Waals surface area contributed by atoms with Crippen LogP contribution >= 0.6 is 0 Å². The van der Waals surface area contributed by atoms with Gasteiger partial charge in [0, 0.05) is 10.8 Å². The molecule has 3 nitrogen and oxygen atoms in total. The maximum atomic E-state index is 10.2. The van der Waals surface area contributed by atoms with Crippen LogP contribution in [0.2, 0.25) is 0 Å². The van der Waals surface area contributed by atoms with Gasteiger partial charge in [-0.2, -0.15) is 10.5 Å². The van der Waals surface area contributed by atoms with Crippen LogP contribution in [0.15, 0.2) is 103 Å². The molecule has 6 rings (SSSR count). The topological polar surface area (TPSA) is 52.5 Å². The van der Waals surface area contributed by atoms with Crippen LogP contribution in [-0.4, -0.2) is 4.57 Å². The molecular weight excluding hydrogens is 450 g/mol. The highest BCUT2D eigenvalue weighted by Crippen LogP contribution is 2.38. The van der Waals surface area contributed by atoms with E-state index in [0.29, 0.717) is 11.1 Å². The summed E-state index contributed by atoms with van der Waals surface area (Å²) in [5.41, 5.74) is 10.1. The van der Waals surface area contributed by atoms with Crippen molar-refractivity contribution < 1.29 is 0 Å². The normalized spacial score (nSPS) is 10.9. The Balaban J connectivity index is 1.72. The molecule has 0 atom stereocenters. The lowest BCUT2D eigenvalue weighted by atomic mass is 9.97. The largest absolute Gasteiger partial charge is 0.308 e. The van der Waals surface area contributed by atoms with Gasteiger partial charge in [0.25, 0.3) is 0 Å². The van der Waals surface area contributed by atoms with Gasteiger partial charge in [0.1, 0.15) is 6.07 Å². The van der Waals surface area contributed by atoms with Crippen LogP contribution in [0.25, 0.3) is 49.7 Å². The average molecular weight is 474 g/mol. The summed E-state index contributed by atoms with van der Waals surface area (Å²) in [6.45, 7) is 3.80. The van der Waals surface area contributed by atoms with E-state index in [1.54, 1.807) is 0 Å². The highest BCUT2D eigenvalue weighted by atomic mass is 15.0. The molecule has 0 radical (unpaired) electrons. The van der Waals surface area contributed by atoms with E-state index in [1.807, 2.05) is 32.0 Å². The average Bonchev–Trinajstić information content (AvgIpc) is 3.27. The van der Waals surface area contributed by atoms with Crippen LogP contribution < -0.4 is 0 Å². The van der Waals surface area contributed by atoms with Crippen LogP contribution in [0.1, 0.15) is 22.3 Å². The van der Waals surface area contributed by atoms with Gasteiger partial charge in [-0.3, -0.25) is 0 Å². The number of fused-ring (bicyclic) bond motifs is 3. The third-order valence-corrected chi connectivity index (χ3v) is 7.20. The molecule has 1 heterocycles. The first kappa shape index (κ1) is 22.4. The van der Waals surface area contributed by atoms with Crippen molar-refractivity contribution in [1.82, 2.24) is 4.57 Å². The smallest absolute Gasteiger partial charge is 0.102 e. The summed E-state index contributed by atoms with van der Waals surface area (Å²) in [6, 6.07) is 40.4. The van der Waals surface area contributed by atoms with Crippen molar-refractivity contribution in [2.45, 2.75) is 13.8 Å². The summed E-state index contributed by atoms with van der Waals surface area (Å²) in [7, 11) is 0. The van der Waals surface area contributed by atoms with Gasteiger partial charge in [0.15, 0.2) is 0 Å². The first-order chi connectivity index (χ1) is 18.1. The predicted molar refractivity (Wildman–Crippen MR) is 151 cm³/mol. The Morgan fingerprint density at radius 2 is 1.03 bits per heavy atom. The standard InChI is InChI=1S/C34H23N3/c1-22-17-34(31(21-36)23(2)30(22)20-35)37-32-15-13-26(24-9-5-3-6-10-24)18-28(32)29-19-27(14-16-33(29)37)25-11-7-4-8-12-25/h3-19H,1-2H3. The zero-order valence-electron chi connectivity index (χ0n) is 20.7. The van der Waals surface area contributed by atoms with Gasteiger partial charge in [-0.25, -0.2) is 0 Å². The third kappa shape index (κ3) is 3.57. The Kier molecular flexibility index (Phi) is 5.33. The maximum Gasteiger partial charge on any atom is 0.102 e. The van der Waals surface area contributed by atoms with Crippen molar-refractivity contribution in [2.75, 3.05) is 0 Å². The second kappa shape index (κ2) is 8.83. The number of nitriles is 2.